The van der Waals surface area contributed by atoms with E-state index < -0.39 is 40.5 Å². The molecule has 0 aromatic heterocycles. The first-order valence-electron chi connectivity index (χ1n) is 15.1. The van der Waals surface area contributed by atoms with Crippen LogP contribution in [0, 0.1) is 5.92 Å². The maximum atomic E-state index is 14.1. The summed E-state index contributed by atoms with van der Waals surface area (Å²) < 4.78 is 42.3. The van der Waals surface area contributed by atoms with Crippen molar-refractivity contribution in [3.05, 3.63) is 59.4 Å². The molecule has 0 rings (SSSR count). The zero-order chi connectivity index (χ0) is 34.5. The third-order valence-corrected chi connectivity index (χ3v) is 6.81. The summed E-state index contributed by atoms with van der Waals surface area (Å²) in [7, 11) is 12.6. The topological polar surface area (TPSA) is 85.2 Å². The molecule has 3 N–H and O–H groups in total. The smallest absolute Gasteiger partial charge is 0.390 e. The van der Waals surface area contributed by atoms with Crippen LogP contribution in [0.5, 0.6) is 0 Å². The van der Waals surface area contributed by atoms with E-state index in [-0.39, 0.29) is 12.3 Å². The van der Waals surface area contributed by atoms with Crippen molar-refractivity contribution >= 4 is 27.3 Å². The molecule has 0 aliphatic rings. The number of amides is 1. The highest BCUT2D eigenvalue weighted by atomic mass is 19.4. The van der Waals surface area contributed by atoms with Crippen LogP contribution in [0.25, 0.3) is 0 Å². The summed E-state index contributed by atoms with van der Waals surface area (Å²) in [6.07, 6.45) is 8.75. The number of aliphatic hydroxyl groups is 2. The molecule has 0 fully saturated rings. The number of carbonyl (C=O) groups excluding carboxylic acids is 1. The van der Waals surface area contributed by atoms with Crippen molar-refractivity contribution in [2.75, 3.05) is 7.05 Å². The molecule has 6 nitrogen and oxygen atoms in total. The van der Waals surface area contributed by atoms with Gasteiger partial charge in [-0.15, -0.1) is 0 Å². The minimum atomic E-state index is -4.67. The summed E-state index contributed by atoms with van der Waals surface area (Å²) in [4.78, 5) is 18.5. The van der Waals surface area contributed by atoms with E-state index in [1.165, 1.54) is 11.9 Å². The van der Waals surface area contributed by atoms with Crippen molar-refractivity contribution in [3.8, 4) is 0 Å². The second-order valence-corrected chi connectivity index (χ2v) is 12.7. The zero-order valence-electron chi connectivity index (χ0n) is 28.2. The van der Waals surface area contributed by atoms with Gasteiger partial charge in [0.2, 0.25) is 5.91 Å². The average Bonchev–Trinajstić information content (AvgIpc) is 2.86. The largest absolute Gasteiger partial charge is 0.432 e. The Morgan fingerprint density at radius 2 is 1.66 bits per heavy atom. The molecule has 0 heterocycles. The van der Waals surface area contributed by atoms with Crippen LogP contribution in [0.1, 0.15) is 94.4 Å². The summed E-state index contributed by atoms with van der Waals surface area (Å²) in [5.74, 6) is -0.770. The van der Waals surface area contributed by atoms with Crippen molar-refractivity contribution in [2.24, 2.45) is 10.9 Å². The van der Waals surface area contributed by atoms with Gasteiger partial charge in [-0.3, -0.25) is 9.79 Å². The van der Waals surface area contributed by atoms with Crippen LogP contribution in [0.3, 0.4) is 0 Å². The zero-order valence-corrected chi connectivity index (χ0v) is 28.2. The van der Waals surface area contributed by atoms with Gasteiger partial charge in [0, 0.05) is 30.2 Å². The number of carbonyl (C=O) groups is 1. The fourth-order valence-electron chi connectivity index (χ4n) is 4.22. The number of hydrogen-bond acceptors (Lipinski definition) is 5. The second-order valence-electron chi connectivity index (χ2n) is 12.7. The fourth-order valence-corrected chi connectivity index (χ4v) is 4.22. The number of alkyl halides is 3. The molecule has 4 radical (unpaired) electrons. The fraction of sp³-hybridized carbons (Fsp3) is 0.636. The summed E-state index contributed by atoms with van der Waals surface area (Å²) in [6.45, 7) is 15.6. The van der Waals surface area contributed by atoms with E-state index in [9.17, 15) is 28.2 Å². The molecule has 11 heteroatoms. The van der Waals surface area contributed by atoms with E-state index in [0.717, 1.165) is 12.5 Å². The number of allylic oxidation sites excluding steroid dienone is 8. The van der Waals surface area contributed by atoms with E-state index in [2.05, 4.69) is 10.3 Å². The Balaban J connectivity index is 5.96. The third kappa shape index (κ3) is 17.1. The molecule has 2 unspecified atom stereocenters. The summed E-state index contributed by atoms with van der Waals surface area (Å²) in [6, 6.07) is -0.704. The van der Waals surface area contributed by atoms with Crippen molar-refractivity contribution < 1.29 is 28.2 Å². The van der Waals surface area contributed by atoms with E-state index in [1.807, 2.05) is 19.1 Å². The monoisotopic (exact) mass is 617 g/mol. The number of halogens is 3. The standard InChI is InChI=1S/C33H52B2F3N3O3/c1-11-14-16-25(22-41(10)33(34,35)44)19-24(5)29(42)40-30(6,7)21-27(13-3)39-28(32(36,37)38)20-23(4)26(12-2)17-15-18-31(8,9)43/h12,14-17,20,22,24,27,43-44H,11,13,18-19,21H2,1-10H3,(H,40,42)/b16-14+,17-15-,23-20+,25-22+,26-12+,39-28?. The van der Waals surface area contributed by atoms with Crippen LogP contribution in [-0.4, -0.2) is 78.4 Å². The van der Waals surface area contributed by atoms with Crippen LogP contribution in [0.4, 0.5) is 13.2 Å². The Morgan fingerprint density at radius 3 is 2.11 bits per heavy atom. The van der Waals surface area contributed by atoms with E-state index in [4.69, 9.17) is 15.7 Å². The molecule has 44 heavy (non-hydrogen) atoms. The van der Waals surface area contributed by atoms with Gasteiger partial charge >= 0.3 is 6.18 Å². The van der Waals surface area contributed by atoms with Gasteiger partial charge in [-0.25, -0.2) is 0 Å². The molecule has 0 aromatic carbocycles. The van der Waals surface area contributed by atoms with Gasteiger partial charge in [0.15, 0.2) is 0 Å². The Kier molecular flexibility index (Phi) is 16.8. The van der Waals surface area contributed by atoms with Crippen LogP contribution in [-0.2, 0) is 4.79 Å². The molecule has 0 saturated heterocycles. The summed E-state index contributed by atoms with van der Waals surface area (Å²) >= 11 is 0. The molecule has 2 atom stereocenters. The van der Waals surface area contributed by atoms with E-state index >= 15 is 0 Å². The SMILES string of the molecule is [B]C([B])(O)N(C)/C=C(\C=C\CC)CC(C)C(=O)NC(C)(C)CC(CC)N=C(/C=C(C)/C(/C=C\CC(C)(C)O)=C/C)C(F)(F)F. The lowest BCUT2D eigenvalue weighted by Gasteiger charge is -2.32. The lowest BCUT2D eigenvalue weighted by Crippen LogP contribution is -2.47. The predicted octanol–water partition coefficient (Wildman–Crippen LogP) is 6.41. The molecule has 0 aromatic rings. The van der Waals surface area contributed by atoms with Crippen molar-refractivity contribution in [3.63, 3.8) is 0 Å². The first kappa shape index (κ1) is 41.5. The van der Waals surface area contributed by atoms with Crippen molar-refractivity contribution in [1.82, 2.24) is 10.2 Å². The summed E-state index contributed by atoms with van der Waals surface area (Å²) in [5, 5.41) is 22.8. The minimum Gasteiger partial charge on any atom is -0.390 e. The number of rotatable bonds is 17. The van der Waals surface area contributed by atoms with E-state index in [1.54, 1.807) is 79.8 Å². The van der Waals surface area contributed by atoms with Crippen molar-refractivity contribution in [1.29, 1.82) is 0 Å². The van der Waals surface area contributed by atoms with Gasteiger partial charge in [-0.05, 0) is 96.4 Å². The van der Waals surface area contributed by atoms with Crippen LogP contribution in [0.2, 0.25) is 0 Å². The van der Waals surface area contributed by atoms with Gasteiger partial charge in [-0.1, -0.05) is 51.2 Å². The van der Waals surface area contributed by atoms with Gasteiger partial charge in [-0.2, -0.15) is 13.2 Å². The number of nitrogens with one attached hydrogen (secondary N) is 1. The number of hydrogen-bond donors (Lipinski definition) is 3. The van der Waals surface area contributed by atoms with Gasteiger partial charge in [0.1, 0.15) is 21.4 Å². The third-order valence-electron chi connectivity index (χ3n) is 6.81. The molecular weight excluding hydrogens is 565 g/mol. The second kappa shape index (κ2) is 17.8. The highest BCUT2D eigenvalue weighted by molar-refractivity contribution is 6.38. The first-order valence-corrected chi connectivity index (χ1v) is 15.1. The molecule has 1 amide bonds. The van der Waals surface area contributed by atoms with Crippen LogP contribution in [0.15, 0.2) is 64.4 Å². The Hall–Kier alpha value is -2.52. The quantitative estimate of drug-likeness (QED) is 0.0763. The van der Waals surface area contributed by atoms with Gasteiger partial charge in [0.05, 0.1) is 11.6 Å². The maximum absolute atomic E-state index is 14.1. The van der Waals surface area contributed by atoms with Gasteiger partial charge in [0.25, 0.3) is 0 Å². The minimum absolute atomic E-state index is 0.185. The number of aliphatic imine (C=N–C) groups is 1. The summed E-state index contributed by atoms with van der Waals surface area (Å²) in [5.41, 5.74) is -3.14. The molecule has 0 saturated carbocycles. The highest BCUT2D eigenvalue weighted by Crippen LogP contribution is 2.26. The maximum Gasteiger partial charge on any atom is 0.432 e. The van der Waals surface area contributed by atoms with E-state index in [0.29, 0.717) is 36.0 Å². The Labute approximate surface area is 266 Å². The molecule has 0 spiro atoms. The van der Waals surface area contributed by atoms with Crippen LogP contribution >= 0.6 is 0 Å². The highest BCUT2D eigenvalue weighted by Gasteiger charge is 2.36. The Bertz CT molecular complexity index is 1110. The molecular formula is C33H52B2F3N3O3. The normalized spacial score (nSPS) is 16.5. The average molecular weight is 617 g/mol. The lowest BCUT2D eigenvalue weighted by atomic mass is 9.72. The van der Waals surface area contributed by atoms with Crippen LogP contribution < -0.4 is 5.32 Å². The Morgan fingerprint density at radius 1 is 1.07 bits per heavy atom. The van der Waals surface area contributed by atoms with Gasteiger partial charge < -0.3 is 20.4 Å². The first-order chi connectivity index (χ1) is 20.0. The molecule has 0 bridgehead atoms. The van der Waals surface area contributed by atoms with Crippen molar-refractivity contribution in [2.45, 2.75) is 123 Å². The number of nitrogens with zero attached hydrogens (tertiary/aromatic N) is 2. The molecule has 0 aliphatic carbocycles. The lowest BCUT2D eigenvalue weighted by molar-refractivity contribution is -0.126. The molecule has 244 valence electrons. The predicted molar refractivity (Wildman–Crippen MR) is 177 cm³/mol. The molecule has 0 aliphatic heterocycles.